The number of likely N-dealkylation sites (tertiary alicyclic amines) is 1. The van der Waals surface area contributed by atoms with E-state index in [1.54, 1.807) is 0 Å². The second-order valence-electron chi connectivity index (χ2n) is 9.03. The predicted octanol–water partition coefficient (Wildman–Crippen LogP) is 6.35. The number of aromatic nitrogens is 1. The maximum atomic E-state index is 10.7. The highest BCUT2D eigenvalue weighted by Crippen LogP contribution is 2.39. The van der Waals surface area contributed by atoms with E-state index in [0.717, 1.165) is 46.8 Å². The summed E-state index contributed by atoms with van der Waals surface area (Å²) in [7, 11) is 0. The van der Waals surface area contributed by atoms with Gasteiger partial charge < -0.3 is 14.8 Å². The molecule has 4 nitrogen and oxygen atoms in total. The normalized spacial score (nSPS) is 20.8. The van der Waals surface area contributed by atoms with Crippen LogP contribution in [0.3, 0.4) is 0 Å². The van der Waals surface area contributed by atoms with E-state index < -0.39 is 6.10 Å². The van der Waals surface area contributed by atoms with Crippen LogP contribution in [0.25, 0.3) is 21.0 Å². The summed E-state index contributed by atoms with van der Waals surface area (Å²) in [4.78, 5) is 7.18. The van der Waals surface area contributed by atoms with Crippen LogP contribution >= 0.6 is 22.9 Å². The average Bonchev–Trinajstić information content (AvgIpc) is 3.36. The van der Waals surface area contributed by atoms with Gasteiger partial charge in [0.25, 0.3) is 0 Å². The number of aryl methyl sites for hydroxylation is 1. The molecule has 0 amide bonds. The lowest BCUT2D eigenvalue weighted by molar-refractivity contribution is 0.0408. The molecule has 0 aliphatic carbocycles. The van der Waals surface area contributed by atoms with Crippen molar-refractivity contribution in [3.8, 4) is 5.75 Å². The van der Waals surface area contributed by atoms with Gasteiger partial charge in [-0.2, -0.15) is 0 Å². The minimum Gasteiger partial charge on any atom is -0.490 e. The first-order valence-electron chi connectivity index (χ1n) is 11.3. The Labute approximate surface area is 197 Å². The Morgan fingerprint density at radius 1 is 1.25 bits per heavy atom. The number of fused-ring (bicyclic) bond motifs is 2. The Kier molecular flexibility index (Phi) is 6.17. The molecule has 0 spiro atoms. The zero-order chi connectivity index (χ0) is 22.2. The van der Waals surface area contributed by atoms with E-state index in [0.29, 0.717) is 25.1 Å². The van der Waals surface area contributed by atoms with Gasteiger partial charge in [-0.1, -0.05) is 17.7 Å². The predicted molar refractivity (Wildman–Crippen MR) is 134 cm³/mol. The fourth-order valence-electron chi connectivity index (χ4n) is 4.89. The summed E-state index contributed by atoms with van der Waals surface area (Å²) in [5.41, 5.74) is 2.17. The van der Waals surface area contributed by atoms with Crippen molar-refractivity contribution >= 4 is 43.9 Å². The molecule has 32 heavy (non-hydrogen) atoms. The van der Waals surface area contributed by atoms with Crippen molar-refractivity contribution in [2.75, 3.05) is 19.7 Å². The summed E-state index contributed by atoms with van der Waals surface area (Å²) in [5, 5.41) is 13.8. The highest BCUT2D eigenvalue weighted by Gasteiger charge is 2.28. The number of aliphatic hydroxyl groups is 1. The van der Waals surface area contributed by atoms with E-state index in [2.05, 4.69) is 41.1 Å². The van der Waals surface area contributed by atoms with Gasteiger partial charge in [-0.15, -0.1) is 11.3 Å². The smallest absolute Gasteiger partial charge is 0.128 e. The van der Waals surface area contributed by atoms with E-state index in [1.807, 2.05) is 42.5 Å². The second kappa shape index (κ2) is 9.06. The molecule has 0 saturated carbocycles. The fraction of sp³-hybridized carbons (Fsp3) is 0.385. The van der Waals surface area contributed by atoms with Gasteiger partial charge in [0.2, 0.25) is 0 Å². The van der Waals surface area contributed by atoms with Crippen LogP contribution in [0.4, 0.5) is 0 Å². The molecular weight excluding hydrogens is 440 g/mol. The lowest BCUT2D eigenvalue weighted by atomic mass is 9.90. The number of nitrogens with zero attached hydrogens (tertiary/aromatic N) is 1. The van der Waals surface area contributed by atoms with Crippen LogP contribution in [0.1, 0.15) is 36.3 Å². The molecule has 0 bridgehead atoms. The molecule has 0 unspecified atom stereocenters. The number of aliphatic hydroxyl groups excluding tert-OH is 1. The van der Waals surface area contributed by atoms with Crippen molar-refractivity contribution in [2.24, 2.45) is 0 Å². The largest absolute Gasteiger partial charge is 0.490 e. The third-order valence-corrected chi connectivity index (χ3v) is 8.06. The molecule has 6 heteroatoms. The van der Waals surface area contributed by atoms with Crippen molar-refractivity contribution in [1.29, 1.82) is 0 Å². The van der Waals surface area contributed by atoms with Crippen LogP contribution in [0, 0.1) is 6.92 Å². The van der Waals surface area contributed by atoms with Crippen molar-refractivity contribution in [3.05, 3.63) is 64.1 Å². The van der Waals surface area contributed by atoms with Gasteiger partial charge in [-0.25, -0.2) is 0 Å². The monoisotopic (exact) mass is 468 g/mol. The zero-order valence-electron chi connectivity index (χ0n) is 18.5. The SMILES string of the molecule is Cc1cc2c(OC[C@@H](O)CN3CC[C@@H](c4cc5cc(Cl)ccc5s4)C[C@@H]3C)cccc2[nH]1. The van der Waals surface area contributed by atoms with Crippen molar-refractivity contribution in [2.45, 2.75) is 44.8 Å². The minimum absolute atomic E-state index is 0.299. The third-order valence-electron chi connectivity index (χ3n) is 6.55. The first-order chi connectivity index (χ1) is 15.5. The van der Waals surface area contributed by atoms with Gasteiger partial charge in [-0.05, 0) is 87.0 Å². The summed E-state index contributed by atoms with van der Waals surface area (Å²) < 4.78 is 7.30. The van der Waals surface area contributed by atoms with E-state index in [4.69, 9.17) is 16.3 Å². The van der Waals surface area contributed by atoms with Gasteiger partial charge in [0.05, 0.1) is 0 Å². The van der Waals surface area contributed by atoms with Crippen LogP contribution in [-0.4, -0.2) is 46.8 Å². The maximum absolute atomic E-state index is 10.7. The molecule has 3 heterocycles. The van der Waals surface area contributed by atoms with Gasteiger partial charge in [0, 0.05) is 43.8 Å². The molecule has 0 radical (unpaired) electrons. The molecule has 4 aromatic rings. The van der Waals surface area contributed by atoms with E-state index in [1.165, 1.54) is 15.0 Å². The van der Waals surface area contributed by atoms with Crippen LogP contribution in [0.15, 0.2) is 48.5 Å². The number of ether oxygens (including phenoxy) is 1. The first kappa shape index (κ1) is 21.8. The number of halogens is 1. The molecule has 1 aliphatic rings. The lowest BCUT2D eigenvalue weighted by Crippen LogP contribution is -2.45. The Morgan fingerprint density at radius 2 is 2.12 bits per heavy atom. The van der Waals surface area contributed by atoms with Gasteiger partial charge in [0.1, 0.15) is 18.5 Å². The molecule has 2 N–H and O–H groups in total. The van der Waals surface area contributed by atoms with Gasteiger partial charge in [0.15, 0.2) is 0 Å². The number of thiophene rings is 1. The van der Waals surface area contributed by atoms with Crippen LogP contribution < -0.4 is 4.74 Å². The number of H-pyrrole nitrogens is 1. The zero-order valence-corrected chi connectivity index (χ0v) is 20.0. The Bertz CT molecular complexity index is 1230. The summed E-state index contributed by atoms with van der Waals surface area (Å²) in [6.07, 6.45) is 1.70. The molecule has 3 atom stereocenters. The number of β-amino-alcohol motifs (C(OH)–C–C–N with tert-alkyl or cyclic N) is 1. The number of piperidine rings is 1. The van der Waals surface area contributed by atoms with Gasteiger partial charge >= 0.3 is 0 Å². The van der Waals surface area contributed by atoms with E-state index in [9.17, 15) is 5.11 Å². The molecular formula is C26H29ClN2O2S. The van der Waals surface area contributed by atoms with E-state index >= 15 is 0 Å². The highest BCUT2D eigenvalue weighted by molar-refractivity contribution is 7.19. The molecule has 2 aromatic carbocycles. The maximum Gasteiger partial charge on any atom is 0.128 e. The number of nitrogens with one attached hydrogen (secondary N) is 1. The van der Waals surface area contributed by atoms with Crippen molar-refractivity contribution in [3.63, 3.8) is 0 Å². The molecule has 1 saturated heterocycles. The van der Waals surface area contributed by atoms with Crippen LogP contribution in [0.5, 0.6) is 5.75 Å². The summed E-state index contributed by atoms with van der Waals surface area (Å²) >= 11 is 8.05. The fourth-order valence-corrected chi connectivity index (χ4v) is 6.26. The second-order valence-corrected chi connectivity index (χ2v) is 10.6. The van der Waals surface area contributed by atoms with Crippen molar-refractivity contribution < 1.29 is 9.84 Å². The minimum atomic E-state index is -0.518. The lowest BCUT2D eigenvalue weighted by Gasteiger charge is -2.38. The Balaban J connectivity index is 1.17. The van der Waals surface area contributed by atoms with E-state index in [-0.39, 0.29) is 0 Å². The number of rotatable bonds is 6. The number of hydrogen-bond acceptors (Lipinski definition) is 4. The number of benzene rings is 2. The van der Waals surface area contributed by atoms with Crippen LogP contribution in [-0.2, 0) is 0 Å². The quantitative estimate of drug-likeness (QED) is 0.346. The topological polar surface area (TPSA) is 48.5 Å². The molecule has 1 fully saturated rings. The summed E-state index contributed by atoms with van der Waals surface area (Å²) in [5.74, 6) is 1.39. The standard InChI is InChI=1S/C26H29ClN2O2S/c1-16-10-22-23(28-16)4-3-5-24(22)31-15-21(30)14-29-9-8-18(11-17(29)2)26-13-19-12-20(27)6-7-25(19)32-26/h3-7,10,12-13,17-18,21,28,30H,8-9,11,14-15H2,1-2H3/t17-,18+,21-/m0/s1. The molecule has 2 aromatic heterocycles. The van der Waals surface area contributed by atoms with Gasteiger partial charge in [-0.3, -0.25) is 4.90 Å². The van der Waals surface area contributed by atoms with Crippen molar-refractivity contribution in [1.82, 2.24) is 9.88 Å². The average molecular weight is 469 g/mol. The Hall–Kier alpha value is -2.05. The van der Waals surface area contributed by atoms with Crippen LogP contribution in [0.2, 0.25) is 5.02 Å². The Morgan fingerprint density at radius 3 is 2.97 bits per heavy atom. The first-order valence-corrected chi connectivity index (χ1v) is 12.5. The summed E-state index contributed by atoms with van der Waals surface area (Å²) in [6, 6.07) is 17.0. The highest BCUT2D eigenvalue weighted by atomic mass is 35.5. The molecule has 168 valence electrons. The third kappa shape index (κ3) is 4.53. The summed E-state index contributed by atoms with van der Waals surface area (Å²) in [6.45, 7) is 6.24. The number of hydrogen-bond donors (Lipinski definition) is 2. The molecule has 5 rings (SSSR count). The number of aromatic amines is 1. The molecule has 1 aliphatic heterocycles.